The molecule has 1 aliphatic heterocycles. The summed E-state index contributed by atoms with van der Waals surface area (Å²) in [4.78, 5) is 16.3. The second-order valence-corrected chi connectivity index (χ2v) is 6.40. The highest BCUT2D eigenvalue weighted by Crippen LogP contribution is 2.20. The molecule has 0 spiro atoms. The van der Waals surface area contributed by atoms with Gasteiger partial charge in [-0.15, -0.1) is 0 Å². The number of nitrogens with zero attached hydrogens (tertiary/aromatic N) is 2. The van der Waals surface area contributed by atoms with Crippen molar-refractivity contribution in [3.05, 3.63) is 57.8 Å². The minimum absolute atomic E-state index is 0.0805. The number of anilines is 1. The van der Waals surface area contributed by atoms with Crippen molar-refractivity contribution in [1.82, 2.24) is 4.90 Å². The third-order valence-electron chi connectivity index (χ3n) is 3.73. The Morgan fingerprint density at radius 2 is 2.00 bits per heavy atom. The molecular weight excluding hydrogens is 316 g/mol. The summed E-state index contributed by atoms with van der Waals surface area (Å²) in [6.07, 6.45) is 3.54. The van der Waals surface area contributed by atoms with Gasteiger partial charge in [0.2, 0.25) is 5.91 Å². The number of hydrogen-bond acceptors (Lipinski definition) is 3. The number of carbonyl (C=O) groups excluding carboxylic acids is 1. The van der Waals surface area contributed by atoms with Crippen LogP contribution < -0.4 is 4.90 Å². The predicted molar refractivity (Wildman–Crippen MR) is 93.6 cm³/mol. The third kappa shape index (κ3) is 3.70. The third-order valence-corrected chi connectivity index (χ3v) is 4.66. The predicted octanol–water partition coefficient (Wildman–Crippen LogP) is 3.76. The van der Waals surface area contributed by atoms with E-state index >= 15 is 0 Å². The monoisotopic (exact) mass is 332 g/mol. The molecule has 1 aromatic carbocycles. The van der Waals surface area contributed by atoms with Crippen molar-refractivity contribution < 1.29 is 4.79 Å². The molecule has 3 nitrogen and oxygen atoms in total. The zero-order chi connectivity index (χ0) is 15.4. The van der Waals surface area contributed by atoms with Crippen molar-refractivity contribution in [2.75, 3.05) is 31.1 Å². The van der Waals surface area contributed by atoms with Crippen LogP contribution in [0.1, 0.15) is 5.56 Å². The van der Waals surface area contributed by atoms with E-state index in [1.165, 1.54) is 0 Å². The average molecular weight is 333 g/mol. The van der Waals surface area contributed by atoms with E-state index in [0.29, 0.717) is 0 Å². The van der Waals surface area contributed by atoms with Gasteiger partial charge in [0.25, 0.3) is 0 Å². The van der Waals surface area contributed by atoms with E-state index in [1.54, 1.807) is 17.4 Å². The number of halogens is 1. The maximum Gasteiger partial charge on any atom is 0.246 e. The quantitative estimate of drug-likeness (QED) is 0.799. The lowest BCUT2D eigenvalue weighted by molar-refractivity contribution is -0.126. The lowest BCUT2D eigenvalue weighted by atomic mass is 10.2. The summed E-state index contributed by atoms with van der Waals surface area (Å²) in [5.74, 6) is 0.0805. The maximum atomic E-state index is 12.2. The molecule has 2 aromatic rings. The van der Waals surface area contributed by atoms with Crippen molar-refractivity contribution in [2.24, 2.45) is 0 Å². The Hall–Kier alpha value is -1.78. The standard InChI is InChI=1S/C17H17ClN2OS/c18-15-2-1-3-16(12-15)19-7-9-20(10-8-19)17(21)5-4-14-6-11-22-13-14/h1-6,11-13H,7-10H2/b5-4+. The Kier molecular flexibility index (Phi) is 4.80. The van der Waals surface area contributed by atoms with Crippen LogP contribution in [0.25, 0.3) is 6.08 Å². The molecule has 114 valence electrons. The van der Waals surface area contributed by atoms with Crippen LogP contribution in [0.2, 0.25) is 5.02 Å². The lowest BCUT2D eigenvalue weighted by Gasteiger charge is -2.35. The summed E-state index contributed by atoms with van der Waals surface area (Å²) in [5, 5.41) is 4.78. The number of amides is 1. The van der Waals surface area contributed by atoms with Crippen LogP contribution in [0, 0.1) is 0 Å². The van der Waals surface area contributed by atoms with Crippen molar-refractivity contribution >= 4 is 40.6 Å². The SMILES string of the molecule is O=C(/C=C/c1ccsc1)N1CCN(c2cccc(Cl)c2)CC1. The van der Waals surface area contributed by atoms with E-state index in [-0.39, 0.29) is 5.91 Å². The van der Waals surface area contributed by atoms with Crippen LogP contribution in [0.15, 0.2) is 47.2 Å². The second kappa shape index (κ2) is 6.99. The van der Waals surface area contributed by atoms with E-state index < -0.39 is 0 Å². The van der Waals surface area contributed by atoms with Gasteiger partial charge >= 0.3 is 0 Å². The molecule has 0 saturated carbocycles. The minimum Gasteiger partial charge on any atom is -0.368 e. The normalized spacial score (nSPS) is 15.5. The molecule has 0 bridgehead atoms. The Morgan fingerprint density at radius 3 is 2.68 bits per heavy atom. The average Bonchev–Trinajstić information content (AvgIpc) is 3.06. The van der Waals surface area contributed by atoms with Gasteiger partial charge in [-0.2, -0.15) is 11.3 Å². The number of hydrogen-bond donors (Lipinski definition) is 0. The molecule has 2 heterocycles. The zero-order valence-corrected chi connectivity index (χ0v) is 13.7. The summed E-state index contributed by atoms with van der Waals surface area (Å²) in [6.45, 7) is 3.13. The number of carbonyl (C=O) groups is 1. The maximum absolute atomic E-state index is 12.2. The molecule has 0 unspecified atom stereocenters. The van der Waals surface area contributed by atoms with E-state index in [9.17, 15) is 4.79 Å². The van der Waals surface area contributed by atoms with Gasteiger partial charge < -0.3 is 9.80 Å². The summed E-state index contributed by atoms with van der Waals surface area (Å²) in [5.41, 5.74) is 2.20. The Labute approximate surface area is 139 Å². The highest BCUT2D eigenvalue weighted by Gasteiger charge is 2.19. The van der Waals surface area contributed by atoms with E-state index in [4.69, 9.17) is 11.6 Å². The van der Waals surface area contributed by atoms with Crippen LogP contribution in [0.3, 0.4) is 0 Å². The molecule has 1 aromatic heterocycles. The number of piperazine rings is 1. The first-order valence-corrected chi connectivity index (χ1v) is 8.54. The van der Waals surface area contributed by atoms with Gasteiger partial charge in [-0.25, -0.2) is 0 Å². The molecule has 1 aliphatic rings. The van der Waals surface area contributed by atoms with Crippen molar-refractivity contribution in [3.63, 3.8) is 0 Å². The van der Waals surface area contributed by atoms with Gasteiger partial charge in [-0.3, -0.25) is 4.79 Å². The molecular formula is C17H17ClN2OS. The fourth-order valence-electron chi connectivity index (χ4n) is 2.50. The number of benzene rings is 1. The highest BCUT2D eigenvalue weighted by molar-refractivity contribution is 7.08. The van der Waals surface area contributed by atoms with Gasteiger partial charge in [-0.1, -0.05) is 17.7 Å². The Morgan fingerprint density at radius 1 is 1.18 bits per heavy atom. The van der Waals surface area contributed by atoms with E-state index in [1.807, 2.05) is 46.0 Å². The van der Waals surface area contributed by atoms with Crippen LogP contribution in [0.4, 0.5) is 5.69 Å². The number of rotatable bonds is 3. The van der Waals surface area contributed by atoms with Gasteiger partial charge in [0.05, 0.1) is 0 Å². The Balaban J connectivity index is 1.56. The van der Waals surface area contributed by atoms with Crippen molar-refractivity contribution in [3.8, 4) is 0 Å². The zero-order valence-electron chi connectivity index (χ0n) is 12.1. The molecule has 1 saturated heterocycles. The molecule has 5 heteroatoms. The fraction of sp³-hybridized carbons (Fsp3) is 0.235. The first kappa shape index (κ1) is 15.1. The molecule has 22 heavy (non-hydrogen) atoms. The van der Waals surface area contributed by atoms with Crippen LogP contribution in [0.5, 0.6) is 0 Å². The van der Waals surface area contributed by atoms with Crippen LogP contribution >= 0.6 is 22.9 Å². The largest absolute Gasteiger partial charge is 0.368 e. The summed E-state index contributed by atoms with van der Waals surface area (Å²) >= 11 is 7.67. The van der Waals surface area contributed by atoms with Gasteiger partial charge in [-0.05, 0) is 46.7 Å². The molecule has 1 fully saturated rings. The summed E-state index contributed by atoms with van der Waals surface area (Å²) in [7, 11) is 0. The fourth-order valence-corrected chi connectivity index (χ4v) is 3.31. The van der Waals surface area contributed by atoms with Gasteiger partial charge in [0, 0.05) is 43.0 Å². The highest BCUT2D eigenvalue weighted by atomic mass is 35.5. The smallest absolute Gasteiger partial charge is 0.246 e. The molecule has 0 N–H and O–H groups in total. The summed E-state index contributed by atoms with van der Waals surface area (Å²) in [6, 6.07) is 9.86. The van der Waals surface area contributed by atoms with Gasteiger partial charge in [0.1, 0.15) is 0 Å². The van der Waals surface area contributed by atoms with Gasteiger partial charge in [0.15, 0.2) is 0 Å². The first-order valence-electron chi connectivity index (χ1n) is 7.22. The Bertz CT molecular complexity index is 661. The number of thiophene rings is 1. The molecule has 3 rings (SSSR count). The summed E-state index contributed by atoms with van der Waals surface area (Å²) < 4.78 is 0. The molecule has 1 amide bonds. The first-order chi connectivity index (χ1) is 10.7. The van der Waals surface area contributed by atoms with E-state index in [2.05, 4.69) is 11.0 Å². The van der Waals surface area contributed by atoms with Crippen LogP contribution in [-0.2, 0) is 4.79 Å². The van der Waals surface area contributed by atoms with Crippen LogP contribution in [-0.4, -0.2) is 37.0 Å². The van der Waals surface area contributed by atoms with E-state index in [0.717, 1.165) is 42.5 Å². The molecule has 0 atom stereocenters. The lowest BCUT2D eigenvalue weighted by Crippen LogP contribution is -2.48. The molecule has 0 radical (unpaired) electrons. The van der Waals surface area contributed by atoms with Crippen molar-refractivity contribution in [2.45, 2.75) is 0 Å². The molecule has 0 aliphatic carbocycles. The van der Waals surface area contributed by atoms with Crippen molar-refractivity contribution in [1.29, 1.82) is 0 Å². The topological polar surface area (TPSA) is 23.6 Å². The minimum atomic E-state index is 0.0805. The second-order valence-electron chi connectivity index (χ2n) is 5.18.